The van der Waals surface area contributed by atoms with Crippen LogP contribution in [-0.4, -0.2) is 50.9 Å². The predicted octanol–water partition coefficient (Wildman–Crippen LogP) is 3.50. The maximum atomic E-state index is 15.1. The molecule has 1 atom stereocenters. The fraction of sp³-hybridized carbons (Fsp3) is 0.200. The number of fused-ring (bicyclic) bond motifs is 2. The number of ether oxygens (including phenoxy) is 1. The van der Waals surface area contributed by atoms with Crippen LogP contribution >= 0.6 is 0 Å². The van der Waals surface area contributed by atoms with E-state index in [1.54, 1.807) is 29.0 Å². The van der Waals surface area contributed by atoms with E-state index in [0.717, 1.165) is 24.8 Å². The number of hydrogen-bond donors (Lipinski definition) is 1. The number of aromatic nitrogens is 5. The first-order chi connectivity index (χ1) is 17.1. The van der Waals surface area contributed by atoms with E-state index in [0.29, 0.717) is 41.2 Å². The third kappa shape index (κ3) is 3.86. The molecule has 0 saturated carbocycles. The highest BCUT2D eigenvalue weighted by atomic mass is 19.1. The summed E-state index contributed by atoms with van der Waals surface area (Å²) in [5.74, 6) is -1.48. The van der Waals surface area contributed by atoms with Gasteiger partial charge >= 0.3 is 0 Å². The molecule has 8 nitrogen and oxygen atoms in total. The highest BCUT2D eigenvalue weighted by molar-refractivity contribution is 5.94. The highest BCUT2D eigenvalue weighted by Gasteiger charge is 2.22. The molecule has 10 heteroatoms. The minimum Gasteiger partial charge on any atom is -0.378 e. The fourth-order valence-corrected chi connectivity index (χ4v) is 4.42. The molecule has 1 aliphatic rings. The molecule has 0 spiro atoms. The van der Waals surface area contributed by atoms with Gasteiger partial charge in [0.2, 0.25) is 0 Å². The average molecular weight is 473 g/mol. The van der Waals surface area contributed by atoms with Crippen LogP contribution in [0.1, 0.15) is 17.3 Å². The molecule has 5 aromatic rings. The van der Waals surface area contributed by atoms with Crippen LogP contribution in [0.25, 0.3) is 27.8 Å². The molecule has 6 rings (SSSR count). The molecule has 35 heavy (non-hydrogen) atoms. The van der Waals surface area contributed by atoms with E-state index in [-0.39, 0.29) is 11.1 Å². The van der Waals surface area contributed by atoms with E-state index < -0.39 is 17.7 Å². The third-order valence-corrected chi connectivity index (χ3v) is 6.27. The van der Waals surface area contributed by atoms with Crippen LogP contribution in [0.3, 0.4) is 0 Å². The van der Waals surface area contributed by atoms with Gasteiger partial charge in [-0.1, -0.05) is 0 Å². The first kappa shape index (κ1) is 21.5. The van der Waals surface area contributed by atoms with Crippen molar-refractivity contribution in [1.29, 1.82) is 0 Å². The lowest BCUT2D eigenvalue weighted by atomic mass is 9.97. The van der Waals surface area contributed by atoms with Gasteiger partial charge in [-0.15, -0.1) is 0 Å². The largest absolute Gasteiger partial charge is 0.378 e. The lowest BCUT2D eigenvalue weighted by Crippen LogP contribution is -2.36. The second-order valence-electron chi connectivity index (χ2n) is 8.34. The number of morpholine rings is 1. The normalized spacial score (nSPS) is 15.1. The number of nitrogens with two attached hydrogens (primary N) is 1. The molecule has 2 N–H and O–H groups in total. The van der Waals surface area contributed by atoms with Crippen molar-refractivity contribution in [3.05, 3.63) is 84.1 Å². The Morgan fingerprint density at radius 2 is 1.80 bits per heavy atom. The van der Waals surface area contributed by atoms with Crippen molar-refractivity contribution in [2.75, 3.05) is 31.2 Å². The molecule has 2 aromatic carbocycles. The number of hydrogen-bond acceptors (Lipinski definition) is 7. The van der Waals surface area contributed by atoms with E-state index >= 15 is 4.39 Å². The van der Waals surface area contributed by atoms with E-state index in [1.165, 1.54) is 12.4 Å². The van der Waals surface area contributed by atoms with Crippen LogP contribution in [0.5, 0.6) is 0 Å². The Hall–Kier alpha value is -4.02. The smallest absolute Gasteiger partial charge is 0.153 e. The molecule has 1 unspecified atom stereocenters. The predicted molar refractivity (Wildman–Crippen MR) is 127 cm³/mol. The minimum absolute atomic E-state index is 0.116. The molecule has 0 aliphatic carbocycles. The van der Waals surface area contributed by atoms with Crippen molar-refractivity contribution in [3.63, 3.8) is 0 Å². The first-order valence-corrected chi connectivity index (χ1v) is 11.2. The molecule has 4 heterocycles. The van der Waals surface area contributed by atoms with Gasteiger partial charge in [0.05, 0.1) is 36.2 Å². The Morgan fingerprint density at radius 3 is 2.66 bits per heavy atom. The van der Waals surface area contributed by atoms with Gasteiger partial charge in [0.25, 0.3) is 0 Å². The monoisotopic (exact) mass is 473 g/mol. The van der Waals surface area contributed by atoms with Gasteiger partial charge in [0.15, 0.2) is 5.65 Å². The topological polar surface area (TPSA) is 94.5 Å². The quantitative estimate of drug-likeness (QED) is 0.427. The maximum absolute atomic E-state index is 15.1. The van der Waals surface area contributed by atoms with E-state index in [1.807, 2.05) is 18.2 Å². The second kappa shape index (κ2) is 8.64. The van der Waals surface area contributed by atoms with Gasteiger partial charge in [-0.3, -0.25) is 0 Å². The van der Waals surface area contributed by atoms with Crippen LogP contribution in [0.2, 0.25) is 0 Å². The molecular weight excluding hydrogens is 452 g/mol. The summed E-state index contributed by atoms with van der Waals surface area (Å²) in [6.45, 7) is 2.91. The summed E-state index contributed by atoms with van der Waals surface area (Å²) in [4.78, 5) is 15.1. The summed E-state index contributed by atoms with van der Waals surface area (Å²) in [6, 6.07) is 10.5. The van der Waals surface area contributed by atoms with Gasteiger partial charge in [0.1, 0.15) is 18.0 Å². The lowest BCUT2D eigenvalue weighted by Gasteiger charge is -2.29. The molecule has 3 aromatic heterocycles. The zero-order chi connectivity index (χ0) is 23.9. The summed E-state index contributed by atoms with van der Waals surface area (Å²) in [5.41, 5.74) is 9.76. The maximum Gasteiger partial charge on any atom is 0.153 e. The Labute approximate surface area is 199 Å². The fourth-order valence-electron chi connectivity index (χ4n) is 4.42. The molecule has 1 saturated heterocycles. The zero-order valence-corrected chi connectivity index (χ0v) is 18.6. The lowest BCUT2D eigenvalue weighted by molar-refractivity contribution is 0.122. The Kier molecular flexibility index (Phi) is 5.31. The number of halogens is 2. The van der Waals surface area contributed by atoms with Gasteiger partial charge < -0.3 is 15.4 Å². The van der Waals surface area contributed by atoms with E-state index in [9.17, 15) is 4.39 Å². The van der Waals surface area contributed by atoms with E-state index in [4.69, 9.17) is 10.5 Å². The van der Waals surface area contributed by atoms with Crippen molar-refractivity contribution in [2.24, 2.45) is 5.73 Å². The second-order valence-corrected chi connectivity index (χ2v) is 8.34. The van der Waals surface area contributed by atoms with Gasteiger partial charge in [-0.05, 0) is 36.4 Å². The van der Waals surface area contributed by atoms with Crippen LogP contribution in [0, 0.1) is 11.6 Å². The third-order valence-electron chi connectivity index (χ3n) is 6.27. The van der Waals surface area contributed by atoms with Gasteiger partial charge in [0, 0.05) is 53.8 Å². The molecule has 0 radical (unpaired) electrons. The molecule has 0 amide bonds. The number of anilines is 1. The van der Waals surface area contributed by atoms with E-state index in [2.05, 4.69) is 25.0 Å². The van der Waals surface area contributed by atoms with Gasteiger partial charge in [-0.25, -0.2) is 28.2 Å². The molecule has 1 aliphatic heterocycles. The van der Waals surface area contributed by atoms with Crippen molar-refractivity contribution >= 4 is 22.2 Å². The van der Waals surface area contributed by atoms with Crippen LogP contribution in [0.15, 0.2) is 61.2 Å². The van der Waals surface area contributed by atoms with Crippen molar-refractivity contribution < 1.29 is 13.5 Å². The highest BCUT2D eigenvalue weighted by Crippen LogP contribution is 2.33. The van der Waals surface area contributed by atoms with Crippen molar-refractivity contribution in [1.82, 2.24) is 24.6 Å². The molecular formula is C25H21F2N7O. The number of rotatable bonds is 4. The summed E-state index contributed by atoms with van der Waals surface area (Å²) in [6.07, 6.45) is 4.67. The minimum atomic E-state index is -0.915. The summed E-state index contributed by atoms with van der Waals surface area (Å²) >= 11 is 0. The Balaban J connectivity index is 1.42. The number of nitrogens with zero attached hydrogens (tertiary/aromatic N) is 6. The summed E-state index contributed by atoms with van der Waals surface area (Å²) in [5, 5.41) is 5.07. The summed E-state index contributed by atoms with van der Waals surface area (Å²) < 4.78 is 36.9. The zero-order valence-electron chi connectivity index (χ0n) is 18.6. The number of imidazole rings is 1. The SMILES string of the molecule is NC(c1ccc2nccn2n1)c1cc(-c2ncnc3cc(N4CCOCC4)ccc23)c(F)cc1F. The van der Waals surface area contributed by atoms with Crippen molar-refractivity contribution in [2.45, 2.75) is 6.04 Å². The molecule has 0 bridgehead atoms. The first-order valence-electron chi connectivity index (χ1n) is 11.2. The van der Waals surface area contributed by atoms with Crippen LogP contribution < -0.4 is 10.6 Å². The van der Waals surface area contributed by atoms with Crippen molar-refractivity contribution in [3.8, 4) is 11.3 Å². The summed E-state index contributed by atoms with van der Waals surface area (Å²) in [7, 11) is 0. The Bertz CT molecular complexity index is 1550. The van der Waals surface area contributed by atoms with Crippen LogP contribution in [0.4, 0.5) is 14.5 Å². The van der Waals surface area contributed by atoms with Crippen LogP contribution in [-0.2, 0) is 4.74 Å². The Morgan fingerprint density at radius 1 is 0.943 bits per heavy atom. The molecule has 176 valence electrons. The van der Waals surface area contributed by atoms with Gasteiger partial charge in [-0.2, -0.15) is 5.10 Å². The number of benzene rings is 2. The average Bonchev–Trinajstić information content (AvgIpc) is 3.36. The standard InChI is InChI=1S/C25H21F2N7O/c26-19-13-20(27)18(12-17(19)24(28)21-3-4-23-29-5-6-34(23)32-21)25-16-2-1-15(11-22(16)30-14-31-25)33-7-9-35-10-8-33/h1-6,11-14,24H,7-10,28H2. The molecule has 1 fully saturated rings.